The van der Waals surface area contributed by atoms with Gasteiger partial charge in [-0.3, -0.25) is 0 Å². The van der Waals surface area contributed by atoms with Gasteiger partial charge in [-0.05, 0) is 54.1 Å². The molecule has 0 spiro atoms. The minimum Gasteiger partial charge on any atom is -0.405 e. The van der Waals surface area contributed by atoms with Gasteiger partial charge in [0.05, 0.1) is 16.7 Å². The maximum absolute atomic E-state index is 13.2. The van der Waals surface area contributed by atoms with E-state index in [0.29, 0.717) is 28.8 Å². The molecule has 2 aromatic carbocycles. The molecule has 3 rings (SSSR count). The van der Waals surface area contributed by atoms with Crippen LogP contribution in [-0.4, -0.2) is 22.4 Å². The Balaban J connectivity index is 2.09. The van der Waals surface area contributed by atoms with Crippen molar-refractivity contribution in [2.75, 3.05) is 0 Å². The van der Waals surface area contributed by atoms with E-state index in [1.54, 1.807) is 12.1 Å². The quantitative estimate of drug-likeness (QED) is 0.332. The predicted molar refractivity (Wildman–Crippen MR) is 144 cm³/mol. The molecule has 0 radical (unpaired) electrons. The molecule has 184 valence electrons. The molecule has 0 bridgehead atoms. The van der Waals surface area contributed by atoms with Gasteiger partial charge in [0.2, 0.25) is 8.32 Å². The van der Waals surface area contributed by atoms with Crippen molar-refractivity contribution in [1.82, 2.24) is 0 Å². The maximum atomic E-state index is 13.2. The number of hydrogen-bond acceptors (Lipinski definition) is 3. The lowest BCUT2D eigenvalue weighted by Crippen LogP contribution is -2.49. The number of rotatable bonds is 9. The van der Waals surface area contributed by atoms with Gasteiger partial charge in [-0.25, -0.2) is 0 Å². The molecule has 6 heteroatoms. The summed E-state index contributed by atoms with van der Waals surface area (Å²) >= 11 is 0. The molecular weight excluding hydrogens is 458 g/mol. The Morgan fingerprint density at radius 2 is 1.41 bits per heavy atom. The lowest BCUT2D eigenvalue weighted by molar-refractivity contribution is 0.215. The average Bonchev–Trinajstić information content (AvgIpc) is 3.21. The average molecular weight is 498 g/mol. The Morgan fingerprint density at radius 3 is 1.94 bits per heavy atom. The highest BCUT2D eigenvalue weighted by atomic mass is 32.2. The third kappa shape index (κ3) is 5.45. The molecule has 0 saturated heterocycles. The molecule has 0 aliphatic heterocycles. The molecule has 0 saturated carbocycles. The number of hydrogen-bond donors (Lipinski definition) is 0. The standard InChI is InChI=1S/C28H39NO3SSi/c1-20(2)34(21(3)4,22(5)6)32-28(24-12-9-8-10-13-24)26-14-11-15-27(26)29-33(30,31)25-18-16-23(7)17-19-25/h8-10,12-14,16-22,28H,11,15H2,1-7H3/b29-27+. The Hall–Kier alpha value is -2.02. The summed E-state index contributed by atoms with van der Waals surface area (Å²) < 4.78 is 37.9. The van der Waals surface area contributed by atoms with Gasteiger partial charge in [0.25, 0.3) is 10.0 Å². The largest absolute Gasteiger partial charge is 0.405 e. The second-order valence-electron chi connectivity index (χ2n) is 10.3. The Kier molecular flexibility index (Phi) is 8.37. The summed E-state index contributed by atoms with van der Waals surface area (Å²) in [6.07, 6.45) is 3.17. The van der Waals surface area contributed by atoms with E-state index in [1.807, 2.05) is 37.3 Å². The third-order valence-corrected chi connectivity index (χ3v) is 14.4. The minimum absolute atomic E-state index is 0.226. The normalized spacial score (nSPS) is 17.1. The van der Waals surface area contributed by atoms with E-state index in [-0.39, 0.29) is 11.0 Å². The molecule has 0 heterocycles. The number of nitrogens with zero attached hydrogens (tertiary/aromatic N) is 1. The lowest BCUT2D eigenvalue weighted by atomic mass is 10.0. The van der Waals surface area contributed by atoms with E-state index >= 15 is 0 Å². The molecule has 1 unspecified atom stereocenters. The van der Waals surface area contributed by atoms with Gasteiger partial charge in [0.15, 0.2) is 0 Å². The van der Waals surface area contributed by atoms with Crippen molar-refractivity contribution >= 4 is 24.1 Å². The monoisotopic (exact) mass is 497 g/mol. The fourth-order valence-electron chi connectivity index (χ4n) is 5.44. The molecule has 0 fully saturated rings. The molecule has 2 aromatic rings. The van der Waals surface area contributed by atoms with Crippen LogP contribution in [0.25, 0.3) is 0 Å². The van der Waals surface area contributed by atoms with Gasteiger partial charge in [-0.15, -0.1) is 0 Å². The summed E-state index contributed by atoms with van der Waals surface area (Å²) in [5.41, 5.74) is 4.83. The zero-order chi connectivity index (χ0) is 25.1. The summed E-state index contributed by atoms with van der Waals surface area (Å²) in [4.78, 5) is 0.226. The van der Waals surface area contributed by atoms with Crippen LogP contribution < -0.4 is 0 Å². The van der Waals surface area contributed by atoms with Gasteiger partial charge in [-0.1, -0.05) is 95.6 Å². The maximum Gasteiger partial charge on any atom is 0.282 e. The van der Waals surface area contributed by atoms with Gasteiger partial charge < -0.3 is 4.43 Å². The van der Waals surface area contributed by atoms with E-state index in [1.165, 1.54) is 0 Å². The van der Waals surface area contributed by atoms with E-state index < -0.39 is 18.3 Å². The summed E-state index contributed by atoms with van der Waals surface area (Å²) in [6, 6.07) is 17.1. The fraction of sp³-hybridized carbons (Fsp3) is 0.464. The van der Waals surface area contributed by atoms with E-state index in [4.69, 9.17) is 4.43 Å². The number of sulfonamides is 1. The summed E-state index contributed by atoms with van der Waals surface area (Å²) in [5, 5.41) is 0. The van der Waals surface area contributed by atoms with Crippen LogP contribution in [0.2, 0.25) is 16.6 Å². The molecule has 1 aliphatic rings. The lowest BCUT2D eigenvalue weighted by Gasteiger charge is -2.45. The fourth-order valence-corrected chi connectivity index (χ4v) is 12.0. The van der Waals surface area contributed by atoms with Crippen LogP contribution in [0.15, 0.2) is 75.5 Å². The van der Waals surface area contributed by atoms with Crippen molar-refractivity contribution in [2.24, 2.45) is 4.40 Å². The Bertz CT molecular complexity index is 1110. The molecule has 0 N–H and O–H groups in total. The molecule has 0 amide bonds. The summed E-state index contributed by atoms with van der Waals surface area (Å²) in [5.74, 6) is 0. The highest BCUT2D eigenvalue weighted by molar-refractivity contribution is 7.90. The van der Waals surface area contributed by atoms with Gasteiger partial charge in [0.1, 0.15) is 0 Å². The number of aryl methyl sites for hydroxylation is 1. The van der Waals surface area contributed by atoms with Crippen LogP contribution in [0.1, 0.15) is 71.6 Å². The molecule has 1 aliphatic carbocycles. The number of benzene rings is 2. The summed E-state index contributed by atoms with van der Waals surface area (Å²) in [7, 11) is -6.04. The van der Waals surface area contributed by atoms with E-state index in [9.17, 15) is 8.42 Å². The smallest absolute Gasteiger partial charge is 0.282 e. The van der Waals surface area contributed by atoms with Gasteiger partial charge >= 0.3 is 0 Å². The van der Waals surface area contributed by atoms with Crippen LogP contribution in [0.3, 0.4) is 0 Å². The zero-order valence-electron chi connectivity index (χ0n) is 21.6. The van der Waals surface area contributed by atoms with Crippen molar-refractivity contribution in [1.29, 1.82) is 0 Å². The second-order valence-corrected chi connectivity index (χ2v) is 17.3. The van der Waals surface area contributed by atoms with E-state index in [0.717, 1.165) is 23.1 Å². The van der Waals surface area contributed by atoms with Crippen molar-refractivity contribution in [3.63, 3.8) is 0 Å². The van der Waals surface area contributed by atoms with E-state index in [2.05, 4.69) is 64.1 Å². The third-order valence-electron chi connectivity index (χ3n) is 7.04. The zero-order valence-corrected chi connectivity index (χ0v) is 23.4. The highest BCUT2D eigenvalue weighted by Gasteiger charge is 2.47. The first-order valence-corrected chi connectivity index (χ1v) is 15.9. The van der Waals surface area contributed by atoms with Gasteiger partial charge in [-0.2, -0.15) is 12.8 Å². The first-order chi connectivity index (χ1) is 16.0. The van der Waals surface area contributed by atoms with Crippen molar-refractivity contribution in [3.05, 3.63) is 77.4 Å². The van der Waals surface area contributed by atoms with Crippen molar-refractivity contribution < 1.29 is 12.8 Å². The molecule has 34 heavy (non-hydrogen) atoms. The molecule has 4 nitrogen and oxygen atoms in total. The second kappa shape index (κ2) is 10.7. The molecular formula is C28H39NO3SSi. The van der Waals surface area contributed by atoms with Gasteiger partial charge in [0, 0.05) is 5.57 Å². The first kappa shape index (κ1) is 26.6. The van der Waals surface area contributed by atoms with Crippen LogP contribution in [0, 0.1) is 6.92 Å². The highest BCUT2D eigenvalue weighted by Crippen LogP contribution is 2.47. The van der Waals surface area contributed by atoms with Crippen LogP contribution in [0.4, 0.5) is 0 Å². The first-order valence-electron chi connectivity index (χ1n) is 12.3. The molecule has 0 aromatic heterocycles. The molecule has 1 atom stereocenters. The SMILES string of the molecule is Cc1ccc(S(=O)(=O)/N=C2\CCC=C2C(O[Si](C(C)C)(C(C)C)C(C)C)c2ccccc2)cc1. The van der Waals surface area contributed by atoms with Crippen molar-refractivity contribution in [2.45, 2.75) is 88.9 Å². The van der Waals surface area contributed by atoms with Crippen LogP contribution in [0.5, 0.6) is 0 Å². The van der Waals surface area contributed by atoms with Crippen LogP contribution in [-0.2, 0) is 14.4 Å². The van der Waals surface area contributed by atoms with Crippen LogP contribution >= 0.6 is 0 Å². The Morgan fingerprint density at radius 1 is 0.853 bits per heavy atom. The summed E-state index contributed by atoms with van der Waals surface area (Å²) in [6.45, 7) is 15.6. The number of allylic oxidation sites excluding steroid dienone is 1. The minimum atomic E-state index is -3.80. The topological polar surface area (TPSA) is 55.7 Å². The predicted octanol–water partition coefficient (Wildman–Crippen LogP) is 7.78. The van der Waals surface area contributed by atoms with Crippen molar-refractivity contribution in [3.8, 4) is 0 Å². The Labute approximate surface area is 207 Å².